The Morgan fingerprint density at radius 2 is 1.95 bits per heavy atom. The van der Waals surface area contributed by atoms with E-state index >= 15 is 8.78 Å². The molecule has 2 aromatic carbocycles. The van der Waals surface area contributed by atoms with Gasteiger partial charge in [-0.15, -0.1) is 0 Å². The van der Waals surface area contributed by atoms with Crippen molar-refractivity contribution in [2.24, 2.45) is 10.4 Å². The maximum atomic E-state index is 15.1. The Labute approximate surface area is 227 Å². The Balaban J connectivity index is 1.47. The van der Waals surface area contributed by atoms with E-state index in [1.54, 1.807) is 27.2 Å². The Kier molecular flexibility index (Phi) is 7.11. The molecule has 0 saturated carbocycles. The molecule has 1 aliphatic heterocycles. The van der Waals surface area contributed by atoms with Gasteiger partial charge >= 0.3 is 0 Å². The summed E-state index contributed by atoms with van der Waals surface area (Å²) in [4.78, 5) is 25.2. The van der Waals surface area contributed by atoms with Gasteiger partial charge in [0.25, 0.3) is 11.9 Å². The molecule has 4 aromatic rings. The van der Waals surface area contributed by atoms with Gasteiger partial charge in [-0.25, -0.2) is 23.1 Å². The van der Waals surface area contributed by atoms with E-state index < -0.39 is 28.6 Å². The fraction of sp³-hybridized carbons (Fsp3) is 0.250. The highest BCUT2D eigenvalue weighted by molar-refractivity contribution is 6.00. The molecule has 0 unspecified atom stereocenters. The highest BCUT2D eigenvalue weighted by Crippen LogP contribution is 2.39. The van der Waals surface area contributed by atoms with Crippen LogP contribution in [-0.2, 0) is 4.74 Å². The van der Waals surface area contributed by atoms with Gasteiger partial charge in [0, 0.05) is 60.9 Å². The summed E-state index contributed by atoms with van der Waals surface area (Å²) >= 11 is 0. The first-order valence-electron chi connectivity index (χ1n) is 12.3. The average Bonchev–Trinajstić information content (AvgIpc) is 3.36. The van der Waals surface area contributed by atoms with Gasteiger partial charge in [0.15, 0.2) is 17.4 Å². The molecule has 0 spiro atoms. The number of anilines is 1. The first kappa shape index (κ1) is 27.0. The van der Waals surface area contributed by atoms with Gasteiger partial charge in [-0.3, -0.25) is 4.79 Å². The molecule has 0 aliphatic carbocycles. The van der Waals surface area contributed by atoms with Gasteiger partial charge in [0.2, 0.25) is 0 Å². The topological polar surface area (TPSA) is 112 Å². The normalized spacial score (nSPS) is 16.8. The number of benzene rings is 2. The Morgan fingerprint density at radius 1 is 1.20 bits per heavy atom. The van der Waals surface area contributed by atoms with Gasteiger partial charge in [0.1, 0.15) is 23.8 Å². The van der Waals surface area contributed by atoms with Gasteiger partial charge in [0.05, 0.1) is 18.5 Å². The number of ether oxygens (including phenoxy) is 2. The van der Waals surface area contributed by atoms with Crippen molar-refractivity contribution in [1.29, 1.82) is 0 Å². The number of amidine groups is 1. The highest BCUT2D eigenvalue weighted by Gasteiger charge is 2.29. The predicted octanol–water partition coefficient (Wildman–Crippen LogP) is 4.94. The van der Waals surface area contributed by atoms with Crippen LogP contribution in [0.4, 0.5) is 18.9 Å². The van der Waals surface area contributed by atoms with Crippen molar-refractivity contribution in [3.8, 4) is 22.6 Å². The van der Waals surface area contributed by atoms with Crippen molar-refractivity contribution in [1.82, 2.24) is 14.9 Å². The molecule has 208 valence electrons. The van der Waals surface area contributed by atoms with E-state index in [1.165, 1.54) is 29.3 Å². The molecule has 1 amide bonds. The third kappa shape index (κ3) is 5.30. The summed E-state index contributed by atoms with van der Waals surface area (Å²) in [7, 11) is 3.11. The second-order valence-electron chi connectivity index (χ2n) is 10.0. The molecule has 2 aromatic heterocycles. The predicted molar refractivity (Wildman–Crippen MR) is 143 cm³/mol. The number of H-pyrrole nitrogens is 1. The smallest absolute Gasteiger partial charge is 0.289 e. The number of hydrogen-bond donors (Lipinski definition) is 3. The fourth-order valence-electron chi connectivity index (χ4n) is 4.20. The number of aromatic nitrogens is 2. The molecule has 1 atom stereocenters. The second-order valence-corrected chi connectivity index (χ2v) is 10.0. The average molecular weight is 554 g/mol. The first-order valence-corrected chi connectivity index (χ1v) is 12.3. The van der Waals surface area contributed by atoms with Crippen molar-refractivity contribution in [2.45, 2.75) is 6.92 Å². The summed E-state index contributed by atoms with van der Waals surface area (Å²) in [6.07, 6.45) is 2.95. The zero-order valence-electron chi connectivity index (χ0n) is 21.9. The second kappa shape index (κ2) is 10.5. The monoisotopic (exact) mass is 553 g/mol. The lowest BCUT2D eigenvalue weighted by molar-refractivity contribution is 0.0706. The number of aliphatic hydroxyl groups excluding tert-OH is 1. The van der Waals surface area contributed by atoms with E-state index in [2.05, 4.69) is 20.3 Å². The van der Waals surface area contributed by atoms with Crippen molar-refractivity contribution < 1.29 is 32.5 Å². The van der Waals surface area contributed by atoms with Gasteiger partial charge in [-0.05, 0) is 29.8 Å². The number of carbonyl (C=O) groups is 1. The van der Waals surface area contributed by atoms with E-state index in [0.29, 0.717) is 22.2 Å². The first-order chi connectivity index (χ1) is 19.1. The lowest BCUT2D eigenvalue weighted by Gasteiger charge is -2.30. The molecule has 1 aliphatic rings. The summed E-state index contributed by atoms with van der Waals surface area (Å²) in [6, 6.07) is 7.47. The molecule has 0 fully saturated rings. The number of nitrogens with one attached hydrogen (secondary N) is 2. The van der Waals surface area contributed by atoms with Crippen LogP contribution in [0, 0.1) is 22.9 Å². The Morgan fingerprint density at radius 3 is 2.60 bits per heavy atom. The zero-order chi connectivity index (χ0) is 28.6. The molecule has 9 nitrogen and oxygen atoms in total. The largest absolute Gasteiger partial charge is 0.464 e. The lowest BCUT2D eigenvalue weighted by atomic mass is 9.93. The summed E-state index contributed by atoms with van der Waals surface area (Å²) in [5.41, 5.74) is 0.759. The summed E-state index contributed by atoms with van der Waals surface area (Å²) in [5.74, 6) is -3.60. The number of aliphatic hydroxyl groups is 1. The Hall–Kier alpha value is -4.58. The molecule has 3 heterocycles. The quantitative estimate of drug-likeness (QED) is 0.312. The van der Waals surface area contributed by atoms with E-state index in [4.69, 9.17) is 9.47 Å². The van der Waals surface area contributed by atoms with Gasteiger partial charge < -0.3 is 29.8 Å². The van der Waals surface area contributed by atoms with Crippen LogP contribution in [0.5, 0.6) is 11.5 Å². The third-order valence-corrected chi connectivity index (χ3v) is 6.40. The van der Waals surface area contributed by atoms with Crippen LogP contribution in [0.15, 0.2) is 53.8 Å². The van der Waals surface area contributed by atoms with Crippen LogP contribution in [0.1, 0.15) is 17.3 Å². The molecule has 5 rings (SSSR count). The number of halogens is 3. The van der Waals surface area contributed by atoms with Gasteiger partial charge in [-0.1, -0.05) is 6.92 Å². The van der Waals surface area contributed by atoms with Crippen LogP contribution >= 0.6 is 0 Å². The van der Waals surface area contributed by atoms with E-state index in [0.717, 1.165) is 18.2 Å². The van der Waals surface area contributed by atoms with E-state index in [-0.39, 0.29) is 48.7 Å². The van der Waals surface area contributed by atoms with Crippen molar-refractivity contribution in [2.75, 3.05) is 39.2 Å². The van der Waals surface area contributed by atoms with Crippen LogP contribution in [0.3, 0.4) is 0 Å². The standard InChI is InChI=1S/C28H26F3N5O4/c1-28(13-37)12-34-27(39-14-28)35-18-9-20(30)24(21(31)10-18)40-22-4-5-32-25-23(22)19(11-33-25)15-6-16(8-17(29)7-15)26(38)36(2)3/h4-11,37H,12-14H2,1-3H3,(H,32,33)(H,34,35)/t28-/m1/s1. The number of fused-ring (bicyclic) bond motifs is 1. The molecule has 0 bridgehead atoms. The molecular weight excluding hydrogens is 527 g/mol. The summed E-state index contributed by atoms with van der Waals surface area (Å²) in [5, 5.41) is 12.5. The minimum atomic E-state index is -0.995. The number of aliphatic imine (C=N–C) groups is 1. The van der Waals surface area contributed by atoms with Gasteiger partial charge in [-0.2, -0.15) is 0 Å². The van der Waals surface area contributed by atoms with Crippen LogP contribution in [0.2, 0.25) is 0 Å². The molecule has 12 heteroatoms. The molecule has 3 N–H and O–H groups in total. The number of amides is 1. The zero-order valence-corrected chi connectivity index (χ0v) is 21.9. The maximum Gasteiger partial charge on any atom is 0.289 e. The number of pyridine rings is 1. The molecule has 40 heavy (non-hydrogen) atoms. The highest BCUT2D eigenvalue weighted by atomic mass is 19.1. The molecule has 0 radical (unpaired) electrons. The fourth-order valence-corrected chi connectivity index (χ4v) is 4.20. The molecule has 0 saturated heterocycles. The number of carbonyl (C=O) groups excluding carboxylic acids is 1. The van der Waals surface area contributed by atoms with Crippen molar-refractivity contribution in [3.05, 3.63) is 71.8 Å². The van der Waals surface area contributed by atoms with E-state index in [9.17, 15) is 14.3 Å². The summed E-state index contributed by atoms with van der Waals surface area (Å²) < 4.78 is 55.9. The van der Waals surface area contributed by atoms with E-state index in [1.807, 2.05) is 0 Å². The van der Waals surface area contributed by atoms with Crippen LogP contribution < -0.4 is 10.1 Å². The number of nitrogens with zero attached hydrogens (tertiary/aromatic N) is 3. The Bertz CT molecular complexity index is 1610. The number of hydrogen-bond acceptors (Lipinski definition) is 7. The van der Waals surface area contributed by atoms with Crippen molar-refractivity contribution >= 4 is 28.6 Å². The minimum absolute atomic E-state index is 0.0498. The third-order valence-electron chi connectivity index (χ3n) is 6.40. The number of rotatable bonds is 6. The van der Waals surface area contributed by atoms with Crippen LogP contribution in [0.25, 0.3) is 22.2 Å². The lowest BCUT2D eigenvalue weighted by Crippen LogP contribution is -2.38. The summed E-state index contributed by atoms with van der Waals surface area (Å²) in [6.45, 7) is 2.17. The number of aromatic amines is 1. The minimum Gasteiger partial charge on any atom is -0.464 e. The van der Waals surface area contributed by atoms with Crippen molar-refractivity contribution in [3.63, 3.8) is 0 Å². The van der Waals surface area contributed by atoms with Crippen LogP contribution in [-0.4, -0.2) is 65.8 Å². The SMILES string of the molecule is CN(C)C(=O)c1cc(F)cc(-c2c[nH]c3nccc(Oc4c(F)cc(NC5=NC[C@](C)(CO)CO5)cc4F)c23)c1. The molecular formula is C28H26F3N5O4. The maximum absolute atomic E-state index is 15.1.